The first kappa shape index (κ1) is 20.6. The van der Waals surface area contributed by atoms with Crippen molar-refractivity contribution in [2.24, 2.45) is 5.92 Å². The number of hydrogen-bond donors (Lipinski definition) is 1. The Bertz CT molecular complexity index is 1130. The highest BCUT2D eigenvalue weighted by Crippen LogP contribution is 2.26. The lowest BCUT2D eigenvalue weighted by Crippen LogP contribution is -2.39. The van der Waals surface area contributed by atoms with Crippen molar-refractivity contribution in [2.45, 2.75) is 24.7 Å². The van der Waals surface area contributed by atoms with E-state index in [0.29, 0.717) is 29.7 Å². The number of hydrogen-bond acceptors (Lipinski definition) is 6. The van der Waals surface area contributed by atoms with Crippen molar-refractivity contribution in [2.75, 3.05) is 18.4 Å². The van der Waals surface area contributed by atoms with Crippen LogP contribution in [0.2, 0.25) is 0 Å². The Kier molecular flexibility index (Phi) is 5.94. The van der Waals surface area contributed by atoms with E-state index < -0.39 is 10.0 Å². The monoisotopic (exact) mass is 442 g/mol. The van der Waals surface area contributed by atoms with Gasteiger partial charge in [-0.05, 0) is 55.2 Å². The van der Waals surface area contributed by atoms with Crippen molar-refractivity contribution in [3.63, 3.8) is 0 Å². The van der Waals surface area contributed by atoms with E-state index in [9.17, 15) is 13.2 Å². The summed E-state index contributed by atoms with van der Waals surface area (Å²) in [6.45, 7) is 3.14. The Hall–Kier alpha value is -2.62. The minimum atomic E-state index is -3.54. The van der Waals surface area contributed by atoms with Gasteiger partial charge in [-0.1, -0.05) is 6.92 Å². The van der Waals surface area contributed by atoms with Crippen molar-refractivity contribution in [3.05, 3.63) is 59.7 Å². The molecule has 1 aliphatic heterocycles. The number of carbonyl (C=O) groups is 1. The molecule has 3 aromatic rings. The summed E-state index contributed by atoms with van der Waals surface area (Å²) in [4.78, 5) is 21.2. The maximum atomic E-state index is 12.9. The highest BCUT2D eigenvalue weighted by molar-refractivity contribution is 7.89. The highest BCUT2D eigenvalue weighted by atomic mass is 32.2. The van der Waals surface area contributed by atoms with E-state index in [-0.39, 0.29) is 10.8 Å². The van der Waals surface area contributed by atoms with Gasteiger partial charge in [-0.15, -0.1) is 11.3 Å². The van der Waals surface area contributed by atoms with E-state index in [1.807, 2.05) is 17.5 Å². The van der Waals surface area contributed by atoms with Gasteiger partial charge in [0.2, 0.25) is 10.0 Å². The first-order valence-corrected chi connectivity index (χ1v) is 12.0. The van der Waals surface area contributed by atoms with Crippen LogP contribution in [0.4, 0.5) is 5.13 Å². The van der Waals surface area contributed by atoms with E-state index in [0.717, 1.165) is 24.1 Å². The van der Waals surface area contributed by atoms with Gasteiger partial charge in [0, 0.05) is 42.0 Å². The standard InChI is InChI=1S/C21H22N4O3S2/c1-15-3-2-12-25(13-15)30(27,28)18-6-4-17(5-7-18)20(26)24-21-23-19(14-29-21)16-8-10-22-11-9-16/h4-11,14-15H,2-3,12-13H2,1H3,(H,23,24,26)/t15-/m1/s1. The maximum absolute atomic E-state index is 12.9. The summed E-state index contributed by atoms with van der Waals surface area (Å²) in [5.41, 5.74) is 2.06. The van der Waals surface area contributed by atoms with E-state index in [1.165, 1.54) is 39.9 Å². The number of carbonyl (C=O) groups excluding carboxylic acids is 1. The van der Waals surface area contributed by atoms with E-state index in [4.69, 9.17) is 0 Å². The van der Waals surface area contributed by atoms with E-state index >= 15 is 0 Å². The molecule has 1 amide bonds. The molecule has 0 radical (unpaired) electrons. The van der Waals surface area contributed by atoms with Crippen molar-refractivity contribution in [1.82, 2.24) is 14.3 Å². The predicted molar refractivity (Wildman–Crippen MR) is 117 cm³/mol. The van der Waals surface area contributed by atoms with Crippen LogP contribution in [0.15, 0.2) is 59.1 Å². The molecule has 0 spiro atoms. The summed E-state index contributed by atoms with van der Waals surface area (Å²) in [7, 11) is -3.54. The van der Waals surface area contributed by atoms with Crippen molar-refractivity contribution in [1.29, 1.82) is 0 Å². The smallest absolute Gasteiger partial charge is 0.257 e. The van der Waals surface area contributed by atoms with Gasteiger partial charge in [0.15, 0.2) is 5.13 Å². The third kappa shape index (κ3) is 4.43. The largest absolute Gasteiger partial charge is 0.298 e. The second-order valence-corrected chi connectivity index (χ2v) is 10.2. The summed E-state index contributed by atoms with van der Waals surface area (Å²) in [5.74, 6) is 0.0232. The fourth-order valence-corrected chi connectivity index (χ4v) is 5.76. The van der Waals surface area contributed by atoms with Crippen LogP contribution in [0.3, 0.4) is 0 Å². The lowest BCUT2D eigenvalue weighted by Gasteiger charge is -2.30. The highest BCUT2D eigenvalue weighted by Gasteiger charge is 2.28. The second kappa shape index (κ2) is 8.63. The number of pyridine rings is 1. The normalized spacial score (nSPS) is 17.6. The first-order valence-electron chi connectivity index (χ1n) is 9.71. The molecule has 1 saturated heterocycles. The molecule has 30 heavy (non-hydrogen) atoms. The summed E-state index contributed by atoms with van der Waals surface area (Å²) >= 11 is 1.33. The summed E-state index contributed by atoms with van der Waals surface area (Å²) in [6.07, 6.45) is 5.29. The van der Waals surface area contributed by atoms with Gasteiger partial charge in [-0.3, -0.25) is 15.1 Å². The summed E-state index contributed by atoms with van der Waals surface area (Å²) < 4.78 is 27.2. The molecule has 9 heteroatoms. The van der Waals surface area contributed by atoms with Gasteiger partial charge in [0.1, 0.15) is 0 Å². The number of aromatic nitrogens is 2. The molecule has 2 aromatic heterocycles. The molecular weight excluding hydrogens is 420 g/mol. The fourth-order valence-electron chi connectivity index (χ4n) is 3.45. The Morgan fingerprint density at radius 2 is 1.90 bits per heavy atom. The minimum absolute atomic E-state index is 0.211. The number of anilines is 1. The molecule has 7 nitrogen and oxygen atoms in total. The number of thiazole rings is 1. The average Bonchev–Trinajstić information content (AvgIpc) is 3.23. The number of nitrogens with zero attached hydrogens (tertiary/aromatic N) is 3. The van der Waals surface area contributed by atoms with Gasteiger partial charge < -0.3 is 0 Å². The molecule has 0 bridgehead atoms. The number of amides is 1. The van der Waals surface area contributed by atoms with Crippen LogP contribution in [0.25, 0.3) is 11.3 Å². The minimum Gasteiger partial charge on any atom is -0.298 e. The fraction of sp³-hybridized carbons (Fsp3) is 0.286. The van der Waals surface area contributed by atoms with Crippen LogP contribution in [0, 0.1) is 5.92 Å². The molecule has 4 rings (SSSR count). The van der Waals surface area contributed by atoms with Crippen LogP contribution in [0.1, 0.15) is 30.1 Å². The van der Waals surface area contributed by atoms with Gasteiger partial charge >= 0.3 is 0 Å². The molecule has 0 aliphatic carbocycles. The Morgan fingerprint density at radius 3 is 2.60 bits per heavy atom. The van der Waals surface area contributed by atoms with E-state index in [1.54, 1.807) is 12.4 Å². The zero-order valence-corrected chi connectivity index (χ0v) is 18.1. The average molecular weight is 443 g/mol. The topological polar surface area (TPSA) is 92.3 Å². The van der Waals surface area contributed by atoms with Gasteiger partial charge in [-0.25, -0.2) is 13.4 Å². The molecule has 1 atom stereocenters. The van der Waals surface area contributed by atoms with Crippen molar-refractivity contribution in [3.8, 4) is 11.3 Å². The zero-order valence-electron chi connectivity index (χ0n) is 16.5. The molecule has 0 unspecified atom stereocenters. The summed E-state index contributed by atoms with van der Waals surface area (Å²) in [5, 5.41) is 5.11. The van der Waals surface area contributed by atoms with Crippen LogP contribution < -0.4 is 5.32 Å². The zero-order chi connectivity index (χ0) is 21.1. The van der Waals surface area contributed by atoms with Crippen LogP contribution in [0.5, 0.6) is 0 Å². The Balaban J connectivity index is 1.45. The number of benzene rings is 1. The number of nitrogens with one attached hydrogen (secondary N) is 1. The third-order valence-electron chi connectivity index (χ3n) is 5.07. The van der Waals surface area contributed by atoms with E-state index in [2.05, 4.69) is 22.2 Å². The number of sulfonamides is 1. The quantitative estimate of drug-likeness (QED) is 0.647. The van der Waals surface area contributed by atoms with Crippen LogP contribution in [-0.4, -0.2) is 41.7 Å². The maximum Gasteiger partial charge on any atom is 0.257 e. The summed E-state index contributed by atoms with van der Waals surface area (Å²) in [6, 6.07) is 9.76. The van der Waals surface area contributed by atoms with Crippen molar-refractivity contribution >= 4 is 32.4 Å². The molecule has 1 aromatic carbocycles. The molecule has 3 heterocycles. The predicted octanol–water partition coefficient (Wildman–Crippen LogP) is 3.88. The number of piperidine rings is 1. The van der Waals surface area contributed by atoms with Gasteiger partial charge in [0.25, 0.3) is 5.91 Å². The van der Waals surface area contributed by atoms with Gasteiger partial charge in [0.05, 0.1) is 10.6 Å². The molecular formula is C21H22N4O3S2. The van der Waals surface area contributed by atoms with Crippen molar-refractivity contribution < 1.29 is 13.2 Å². The Labute approximate surface area is 179 Å². The lowest BCUT2D eigenvalue weighted by molar-refractivity contribution is 0.102. The molecule has 1 N–H and O–H groups in total. The second-order valence-electron chi connectivity index (χ2n) is 7.36. The number of rotatable bonds is 5. The van der Waals surface area contributed by atoms with Crippen LogP contribution >= 0.6 is 11.3 Å². The molecule has 0 saturated carbocycles. The lowest BCUT2D eigenvalue weighted by atomic mass is 10.0. The first-order chi connectivity index (χ1) is 14.4. The van der Waals surface area contributed by atoms with Crippen LogP contribution in [-0.2, 0) is 10.0 Å². The molecule has 1 fully saturated rings. The van der Waals surface area contributed by atoms with Gasteiger partial charge in [-0.2, -0.15) is 4.31 Å². The Morgan fingerprint density at radius 1 is 1.17 bits per heavy atom. The molecule has 156 valence electrons. The molecule has 1 aliphatic rings. The third-order valence-corrected chi connectivity index (χ3v) is 7.71. The SMILES string of the molecule is C[C@@H]1CCCN(S(=O)(=O)c2ccc(C(=O)Nc3nc(-c4ccncc4)cs3)cc2)C1.